The predicted octanol–water partition coefficient (Wildman–Crippen LogP) is 3.42. The third kappa shape index (κ3) is 2.74. The van der Waals surface area contributed by atoms with E-state index in [1.54, 1.807) is 11.5 Å². The second-order valence-corrected chi connectivity index (χ2v) is 7.86. The number of nitrogens with one attached hydrogen (secondary N) is 1. The second-order valence-electron chi connectivity index (χ2n) is 7.86. The van der Waals surface area contributed by atoms with Gasteiger partial charge in [-0.05, 0) is 61.6 Å². The Morgan fingerprint density at radius 2 is 2.08 bits per heavy atom. The normalized spacial score (nSPS) is 25.8. The zero-order valence-corrected chi connectivity index (χ0v) is 14.0. The largest absolute Gasteiger partial charge is 0.296 e. The minimum Gasteiger partial charge on any atom is -0.296 e. The van der Waals surface area contributed by atoms with Gasteiger partial charge in [0.05, 0.1) is 0 Å². The Hall–Kier alpha value is -1.46. The number of fused-ring (bicyclic) bond motifs is 1. The molecule has 2 fully saturated rings. The van der Waals surface area contributed by atoms with Crippen molar-refractivity contribution in [1.29, 1.82) is 0 Å². The Kier molecular flexibility index (Phi) is 4.09. The first-order valence-corrected chi connectivity index (χ1v) is 9.10. The number of hydrogen-bond acceptors (Lipinski definition) is 3. The molecule has 1 amide bonds. The summed E-state index contributed by atoms with van der Waals surface area (Å²) in [7, 11) is 0. The summed E-state index contributed by atoms with van der Waals surface area (Å²) in [5, 5.41) is 8.74. The van der Waals surface area contributed by atoms with E-state index in [1.807, 2.05) is 0 Å². The molecule has 1 atom stereocenters. The van der Waals surface area contributed by atoms with Crippen LogP contribution in [0.5, 0.6) is 0 Å². The number of hydroxylamine groups is 1. The molecule has 1 heterocycles. The van der Waals surface area contributed by atoms with Gasteiger partial charge in [0, 0.05) is 30.3 Å². The fourth-order valence-corrected chi connectivity index (χ4v) is 5.21. The van der Waals surface area contributed by atoms with Crippen molar-refractivity contribution in [3.63, 3.8) is 0 Å². The maximum atomic E-state index is 14.5. The standard InChI is InChI=1S/C19H25FN2O2/c20-17-10-14(18(23)21-24)9-13-4-8-22(12-16(13)17)15-3-7-19(11-15)5-1-2-6-19/h9-10,15,24H,1-8,11-12H2,(H,21,23)/t15-/m0/s1. The summed E-state index contributed by atoms with van der Waals surface area (Å²) in [4.78, 5) is 14.0. The third-order valence-corrected chi connectivity index (χ3v) is 6.54. The van der Waals surface area contributed by atoms with Crippen molar-refractivity contribution in [2.45, 2.75) is 64.0 Å². The SMILES string of the molecule is O=C(NO)c1cc(F)c2c(c1)CCN([C@H]1CCC3(CCCC3)C1)C2. The highest BCUT2D eigenvalue weighted by Gasteiger charge is 2.43. The van der Waals surface area contributed by atoms with Gasteiger partial charge in [0.15, 0.2) is 0 Å². The maximum Gasteiger partial charge on any atom is 0.274 e. The summed E-state index contributed by atoms with van der Waals surface area (Å²) in [5.74, 6) is -0.984. The molecule has 2 N–H and O–H groups in total. The van der Waals surface area contributed by atoms with Crippen molar-refractivity contribution in [3.05, 3.63) is 34.6 Å². The molecule has 5 heteroatoms. The molecule has 4 nitrogen and oxygen atoms in total. The van der Waals surface area contributed by atoms with Crippen LogP contribution in [0.1, 0.15) is 66.4 Å². The molecule has 24 heavy (non-hydrogen) atoms. The van der Waals surface area contributed by atoms with Gasteiger partial charge >= 0.3 is 0 Å². The highest BCUT2D eigenvalue weighted by molar-refractivity contribution is 5.93. The lowest BCUT2D eigenvalue weighted by Crippen LogP contribution is -2.39. The first-order valence-electron chi connectivity index (χ1n) is 9.10. The van der Waals surface area contributed by atoms with Crippen LogP contribution in [-0.2, 0) is 13.0 Å². The highest BCUT2D eigenvalue weighted by atomic mass is 19.1. The van der Waals surface area contributed by atoms with Crippen LogP contribution in [0.25, 0.3) is 0 Å². The monoisotopic (exact) mass is 332 g/mol. The van der Waals surface area contributed by atoms with Crippen LogP contribution in [0.4, 0.5) is 4.39 Å². The first kappa shape index (κ1) is 16.0. The topological polar surface area (TPSA) is 52.6 Å². The number of amides is 1. The molecule has 1 aromatic rings. The van der Waals surface area contributed by atoms with Crippen molar-refractivity contribution < 1.29 is 14.4 Å². The molecular weight excluding hydrogens is 307 g/mol. The van der Waals surface area contributed by atoms with E-state index < -0.39 is 5.91 Å². The van der Waals surface area contributed by atoms with E-state index in [9.17, 15) is 9.18 Å². The summed E-state index contributed by atoms with van der Waals surface area (Å²) in [5.41, 5.74) is 3.97. The van der Waals surface area contributed by atoms with Crippen LogP contribution in [0.15, 0.2) is 12.1 Å². The zero-order valence-electron chi connectivity index (χ0n) is 14.0. The summed E-state index contributed by atoms with van der Waals surface area (Å²) >= 11 is 0. The highest BCUT2D eigenvalue weighted by Crippen LogP contribution is 2.52. The number of nitrogens with zero attached hydrogens (tertiary/aromatic N) is 1. The van der Waals surface area contributed by atoms with Crippen molar-refractivity contribution in [1.82, 2.24) is 10.4 Å². The minimum absolute atomic E-state index is 0.188. The van der Waals surface area contributed by atoms with Gasteiger partial charge in [0.1, 0.15) is 5.82 Å². The predicted molar refractivity (Wildman–Crippen MR) is 88.3 cm³/mol. The van der Waals surface area contributed by atoms with E-state index in [2.05, 4.69) is 4.90 Å². The summed E-state index contributed by atoms with van der Waals surface area (Å²) in [6, 6.07) is 3.53. The molecule has 1 aliphatic heterocycles. The Bertz CT molecular complexity index is 655. The minimum atomic E-state index is -0.655. The fraction of sp³-hybridized carbons (Fsp3) is 0.632. The molecule has 4 rings (SSSR count). The molecule has 130 valence electrons. The van der Waals surface area contributed by atoms with Gasteiger partial charge in [-0.1, -0.05) is 12.8 Å². The molecular formula is C19H25FN2O2. The van der Waals surface area contributed by atoms with Gasteiger partial charge < -0.3 is 0 Å². The van der Waals surface area contributed by atoms with E-state index in [0.717, 1.165) is 24.1 Å². The molecule has 2 aliphatic carbocycles. The van der Waals surface area contributed by atoms with Gasteiger partial charge in [-0.3, -0.25) is 14.9 Å². The number of carbonyl (C=O) groups excluding carboxylic acids is 1. The van der Waals surface area contributed by atoms with E-state index in [4.69, 9.17) is 5.21 Å². The van der Waals surface area contributed by atoms with Crippen LogP contribution >= 0.6 is 0 Å². The van der Waals surface area contributed by atoms with E-state index in [0.29, 0.717) is 18.0 Å². The third-order valence-electron chi connectivity index (χ3n) is 6.54. The smallest absolute Gasteiger partial charge is 0.274 e. The van der Waals surface area contributed by atoms with Gasteiger partial charge in [-0.15, -0.1) is 0 Å². The van der Waals surface area contributed by atoms with Gasteiger partial charge in [0.25, 0.3) is 5.91 Å². The molecule has 0 unspecified atom stereocenters. The van der Waals surface area contributed by atoms with Crippen molar-refractivity contribution in [2.24, 2.45) is 5.41 Å². The van der Waals surface area contributed by atoms with Crippen LogP contribution in [-0.4, -0.2) is 28.6 Å². The van der Waals surface area contributed by atoms with Gasteiger partial charge in [-0.2, -0.15) is 0 Å². The molecule has 0 saturated heterocycles. The van der Waals surface area contributed by atoms with Crippen molar-refractivity contribution in [2.75, 3.05) is 6.54 Å². The molecule has 0 bridgehead atoms. The molecule has 3 aliphatic rings. The Balaban J connectivity index is 1.51. The summed E-state index contributed by atoms with van der Waals surface area (Å²) < 4.78 is 14.5. The van der Waals surface area contributed by atoms with Crippen LogP contribution in [0.3, 0.4) is 0 Å². The lowest BCUT2D eigenvalue weighted by Gasteiger charge is -2.35. The molecule has 1 aromatic carbocycles. The van der Waals surface area contributed by atoms with Crippen LogP contribution in [0.2, 0.25) is 0 Å². The van der Waals surface area contributed by atoms with Gasteiger partial charge in [0.2, 0.25) is 0 Å². The van der Waals surface area contributed by atoms with E-state index in [-0.39, 0.29) is 11.4 Å². The lowest BCUT2D eigenvalue weighted by atomic mass is 9.84. The average molecular weight is 332 g/mol. The number of halogens is 1. The molecule has 0 aromatic heterocycles. The number of rotatable bonds is 2. The molecule has 2 saturated carbocycles. The Morgan fingerprint density at radius 3 is 2.83 bits per heavy atom. The zero-order chi connectivity index (χ0) is 16.7. The first-order chi connectivity index (χ1) is 11.6. The number of hydrogen-bond donors (Lipinski definition) is 2. The second kappa shape index (κ2) is 6.12. The van der Waals surface area contributed by atoms with E-state index >= 15 is 0 Å². The average Bonchev–Trinajstić information content (AvgIpc) is 3.24. The molecule has 0 radical (unpaired) electrons. The van der Waals surface area contributed by atoms with Crippen molar-refractivity contribution >= 4 is 5.91 Å². The number of benzene rings is 1. The Labute approximate surface area is 142 Å². The molecule has 1 spiro atoms. The summed E-state index contributed by atoms with van der Waals surface area (Å²) in [6.07, 6.45) is 10.1. The van der Waals surface area contributed by atoms with Crippen LogP contribution < -0.4 is 5.48 Å². The van der Waals surface area contributed by atoms with Gasteiger partial charge in [-0.25, -0.2) is 9.87 Å². The quantitative estimate of drug-likeness (QED) is 0.644. The fourth-order valence-electron chi connectivity index (χ4n) is 5.21. The lowest BCUT2D eigenvalue weighted by molar-refractivity contribution is 0.0705. The Morgan fingerprint density at radius 1 is 1.29 bits per heavy atom. The number of carbonyl (C=O) groups is 1. The van der Waals surface area contributed by atoms with Crippen molar-refractivity contribution in [3.8, 4) is 0 Å². The summed E-state index contributed by atoms with van der Waals surface area (Å²) in [6.45, 7) is 1.57. The van der Waals surface area contributed by atoms with E-state index in [1.165, 1.54) is 51.0 Å². The maximum absolute atomic E-state index is 14.5. The van der Waals surface area contributed by atoms with Crippen LogP contribution in [0, 0.1) is 11.2 Å².